The number of carbonyl (C=O) groups is 1. The zero-order chi connectivity index (χ0) is 15.5. The van der Waals surface area contributed by atoms with Gasteiger partial charge in [-0.05, 0) is 12.1 Å². The van der Waals surface area contributed by atoms with Gasteiger partial charge in [0.05, 0.1) is 10.5 Å². The number of fused-ring (bicyclic) bond motifs is 1. The lowest BCUT2D eigenvalue weighted by atomic mass is 10.0. The molecule has 5 heteroatoms. The maximum absolute atomic E-state index is 10.9. The van der Waals surface area contributed by atoms with Crippen molar-refractivity contribution in [2.45, 2.75) is 6.92 Å². The van der Waals surface area contributed by atoms with Gasteiger partial charge in [-0.2, -0.15) is 0 Å². The Morgan fingerprint density at radius 3 is 2.64 bits per heavy atom. The molecular weight excluding hydrogens is 302 g/mol. The van der Waals surface area contributed by atoms with Crippen LogP contribution in [0, 0.1) is 0 Å². The number of halogens is 1. The third kappa shape index (κ3) is 2.73. The molecule has 0 radical (unpaired) electrons. The second-order valence-electron chi connectivity index (χ2n) is 4.65. The van der Waals surface area contributed by atoms with E-state index < -0.39 is 5.97 Å². The highest BCUT2D eigenvalue weighted by molar-refractivity contribution is 6.35. The van der Waals surface area contributed by atoms with Gasteiger partial charge in [0.25, 0.3) is 0 Å². The minimum Gasteiger partial charge on any atom is -0.286 e. The van der Waals surface area contributed by atoms with E-state index in [-0.39, 0.29) is 0 Å². The quantitative estimate of drug-likeness (QED) is 0.531. The monoisotopic (exact) mass is 313 g/mol. The predicted octanol–water partition coefficient (Wildman–Crippen LogP) is 4.41. The van der Waals surface area contributed by atoms with Crippen LogP contribution < -0.4 is 4.89 Å². The molecule has 1 aromatic heterocycles. The van der Waals surface area contributed by atoms with Crippen molar-refractivity contribution < 1.29 is 14.6 Å². The summed E-state index contributed by atoms with van der Waals surface area (Å²) in [7, 11) is 0. The molecule has 0 aliphatic carbocycles. The average Bonchev–Trinajstić information content (AvgIpc) is 2.53. The third-order valence-corrected chi connectivity index (χ3v) is 3.47. The lowest BCUT2D eigenvalue weighted by molar-refractivity contribution is -0.210. The van der Waals surface area contributed by atoms with E-state index in [1.807, 2.05) is 30.3 Å². The number of rotatable bonds is 3. The number of hydrogen-bond donors (Lipinski definition) is 0. The fourth-order valence-corrected chi connectivity index (χ4v) is 2.43. The molecule has 0 saturated carbocycles. The number of aromatic nitrogens is 1. The molecule has 3 rings (SSSR count). The average molecular weight is 314 g/mol. The van der Waals surface area contributed by atoms with Crippen LogP contribution in [-0.2, 0) is 9.68 Å². The van der Waals surface area contributed by atoms with Crippen molar-refractivity contribution in [3.63, 3.8) is 0 Å². The molecule has 2 aromatic carbocycles. The zero-order valence-electron chi connectivity index (χ0n) is 11.7. The van der Waals surface area contributed by atoms with Gasteiger partial charge < -0.3 is 0 Å². The molecule has 0 unspecified atom stereocenters. The van der Waals surface area contributed by atoms with E-state index in [0.717, 1.165) is 22.0 Å². The lowest BCUT2D eigenvalue weighted by Gasteiger charge is -2.11. The Morgan fingerprint density at radius 1 is 1.05 bits per heavy atom. The first-order valence-corrected chi connectivity index (χ1v) is 7.02. The summed E-state index contributed by atoms with van der Waals surface area (Å²) in [5.74, 6) is -0.0825. The van der Waals surface area contributed by atoms with E-state index in [1.165, 1.54) is 6.92 Å². The van der Waals surface area contributed by atoms with Gasteiger partial charge in [0.1, 0.15) is 0 Å². The fourth-order valence-electron chi connectivity index (χ4n) is 2.23. The van der Waals surface area contributed by atoms with Crippen molar-refractivity contribution in [3.8, 4) is 16.9 Å². The van der Waals surface area contributed by atoms with Crippen molar-refractivity contribution in [3.05, 3.63) is 59.8 Å². The Bertz CT molecular complexity index is 848. The highest BCUT2D eigenvalue weighted by atomic mass is 35.5. The Hall–Kier alpha value is -2.59. The van der Waals surface area contributed by atoms with E-state index in [4.69, 9.17) is 16.5 Å². The Morgan fingerprint density at radius 2 is 1.82 bits per heavy atom. The molecule has 0 fully saturated rings. The van der Waals surface area contributed by atoms with E-state index in [2.05, 4.69) is 9.87 Å². The molecule has 0 amide bonds. The van der Waals surface area contributed by atoms with Crippen molar-refractivity contribution in [2.75, 3.05) is 0 Å². The smallest absolute Gasteiger partial charge is 0.286 e. The van der Waals surface area contributed by atoms with Gasteiger partial charge in [0, 0.05) is 29.6 Å². The summed E-state index contributed by atoms with van der Waals surface area (Å²) in [4.78, 5) is 25.1. The van der Waals surface area contributed by atoms with E-state index >= 15 is 0 Å². The molecule has 0 aliphatic rings. The zero-order valence-corrected chi connectivity index (χ0v) is 12.5. The Labute approximate surface area is 132 Å². The number of para-hydroxylation sites is 2. The Kier molecular flexibility index (Phi) is 3.94. The molecule has 0 bridgehead atoms. The Balaban J connectivity index is 2.16. The molecule has 0 saturated heterocycles. The summed E-state index contributed by atoms with van der Waals surface area (Å²) in [6.07, 6.45) is 1.66. The van der Waals surface area contributed by atoms with E-state index in [0.29, 0.717) is 10.8 Å². The highest BCUT2D eigenvalue weighted by Crippen LogP contribution is 2.35. The molecule has 3 aromatic rings. The fraction of sp³-hybridized carbons (Fsp3) is 0.0588. The second kappa shape index (κ2) is 6.03. The first kappa shape index (κ1) is 14.4. The SMILES string of the molecule is CC(=O)OOc1ccccc1-c1cccc2c(Cl)ccnc12. The number of hydrogen-bond acceptors (Lipinski definition) is 4. The largest absolute Gasteiger partial charge is 0.352 e. The van der Waals surface area contributed by atoms with Crippen molar-refractivity contribution in [1.29, 1.82) is 0 Å². The molecule has 0 N–H and O–H groups in total. The van der Waals surface area contributed by atoms with Gasteiger partial charge in [-0.25, -0.2) is 4.79 Å². The van der Waals surface area contributed by atoms with E-state index in [9.17, 15) is 4.79 Å². The van der Waals surface area contributed by atoms with Crippen molar-refractivity contribution >= 4 is 28.5 Å². The molecule has 1 heterocycles. The molecular formula is C17H12ClNO3. The normalized spacial score (nSPS) is 10.5. The van der Waals surface area contributed by atoms with Crippen LogP contribution in [0.2, 0.25) is 5.02 Å². The molecule has 0 atom stereocenters. The molecule has 22 heavy (non-hydrogen) atoms. The maximum atomic E-state index is 10.9. The standard InChI is InChI=1S/C17H12ClNO3/c1-11(20)21-22-16-8-3-2-5-12(16)13-6-4-7-14-15(18)9-10-19-17(13)14/h2-10H,1H3. The van der Waals surface area contributed by atoms with Crippen molar-refractivity contribution in [2.24, 2.45) is 0 Å². The van der Waals surface area contributed by atoms with Gasteiger partial charge in [-0.1, -0.05) is 48.0 Å². The van der Waals surface area contributed by atoms with Crippen LogP contribution in [0.5, 0.6) is 5.75 Å². The first-order chi connectivity index (χ1) is 10.7. The first-order valence-electron chi connectivity index (χ1n) is 6.64. The van der Waals surface area contributed by atoms with Crippen LogP contribution in [-0.4, -0.2) is 11.0 Å². The van der Waals surface area contributed by atoms with Gasteiger partial charge in [-0.3, -0.25) is 14.8 Å². The van der Waals surface area contributed by atoms with Crippen LogP contribution in [0.25, 0.3) is 22.0 Å². The van der Waals surface area contributed by atoms with Crippen LogP contribution in [0.15, 0.2) is 54.7 Å². The van der Waals surface area contributed by atoms with Gasteiger partial charge in [0.2, 0.25) is 0 Å². The summed E-state index contributed by atoms with van der Waals surface area (Å²) < 4.78 is 0. The number of nitrogens with zero attached hydrogens (tertiary/aromatic N) is 1. The van der Waals surface area contributed by atoms with Gasteiger partial charge in [0.15, 0.2) is 5.75 Å². The number of carbonyl (C=O) groups excluding carboxylic acids is 1. The number of pyridine rings is 1. The summed E-state index contributed by atoms with van der Waals surface area (Å²) in [6, 6.07) is 14.7. The minimum atomic E-state index is -0.520. The number of benzene rings is 2. The summed E-state index contributed by atoms with van der Waals surface area (Å²) in [6.45, 7) is 1.28. The highest BCUT2D eigenvalue weighted by Gasteiger charge is 2.13. The van der Waals surface area contributed by atoms with Crippen LogP contribution in [0.3, 0.4) is 0 Å². The topological polar surface area (TPSA) is 48.4 Å². The molecule has 4 nitrogen and oxygen atoms in total. The third-order valence-electron chi connectivity index (χ3n) is 3.14. The summed E-state index contributed by atoms with van der Waals surface area (Å²) in [5.41, 5.74) is 2.38. The van der Waals surface area contributed by atoms with E-state index in [1.54, 1.807) is 24.4 Å². The van der Waals surface area contributed by atoms with Crippen LogP contribution >= 0.6 is 11.6 Å². The van der Waals surface area contributed by atoms with Gasteiger partial charge in [-0.15, -0.1) is 0 Å². The van der Waals surface area contributed by atoms with Crippen LogP contribution in [0.4, 0.5) is 0 Å². The molecule has 0 aliphatic heterocycles. The van der Waals surface area contributed by atoms with Crippen LogP contribution in [0.1, 0.15) is 6.92 Å². The minimum absolute atomic E-state index is 0.437. The maximum Gasteiger partial charge on any atom is 0.352 e. The lowest BCUT2D eigenvalue weighted by Crippen LogP contribution is -2.03. The van der Waals surface area contributed by atoms with Crippen molar-refractivity contribution in [1.82, 2.24) is 4.98 Å². The summed E-state index contributed by atoms with van der Waals surface area (Å²) in [5, 5.41) is 1.48. The van der Waals surface area contributed by atoms with Gasteiger partial charge >= 0.3 is 5.97 Å². The molecule has 110 valence electrons. The predicted molar refractivity (Wildman–Crippen MR) is 84.6 cm³/mol. The summed E-state index contributed by atoms with van der Waals surface area (Å²) >= 11 is 6.22. The second-order valence-corrected chi connectivity index (χ2v) is 5.06. The molecule has 0 spiro atoms.